The molecule has 100 valence electrons. The van der Waals surface area contributed by atoms with E-state index in [9.17, 15) is 0 Å². The maximum Gasteiger partial charge on any atom is 0.0840 e. The molecule has 17 heavy (non-hydrogen) atoms. The SMILES string of the molecule is CC[N+]1(CCC[N+]2(CC)CCCC2)CCCC1. The van der Waals surface area contributed by atoms with E-state index < -0.39 is 0 Å². The third kappa shape index (κ3) is 3.03. The molecule has 0 bridgehead atoms. The molecule has 2 aliphatic rings. The van der Waals surface area contributed by atoms with Gasteiger partial charge in [-0.05, 0) is 13.8 Å². The van der Waals surface area contributed by atoms with Crippen molar-refractivity contribution in [2.45, 2.75) is 46.0 Å². The number of likely N-dealkylation sites (tertiary alicyclic amines) is 2. The zero-order valence-corrected chi connectivity index (χ0v) is 12.1. The van der Waals surface area contributed by atoms with Crippen LogP contribution in [0.4, 0.5) is 0 Å². The van der Waals surface area contributed by atoms with Gasteiger partial charge in [0.25, 0.3) is 0 Å². The Morgan fingerprint density at radius 3 is 1.29 bits per heavy atom. The molecule has 2 heteroatoms. The summed E-state index contributed by atoms with van der Waals surface area (Å²) in [5.74, 6) is 0. The van der Waals surface area contributed by atoms with Gasteiger partial charge in [-0.3, -0.25) is 0 Å². The van der Waals surface area contributed by atoms with Crippen molar-refractivity contribution in [3.8, 4) is 0 Å². The Hall–Kier alpha value is -0.0800. The van der Waals surface area contributed by atoms with Crippen molar-refractivity contribution in [2.75, 3.05) is 52.4 Å². The highest BCUT2D eigenvalue weighted by molar-refractivity contribution is 4.57. The molecule has 0 aromatic heterocycles. The molecule has 0 spiro atoms. The fourth-order valence-electron chi connectivity index (χ4n) is 4.15. The topological polar surface area (TPSA) is 0 Å². The van der Waals surface area contributed by atoms with Gasteiger partial charge in [-0.2, -0.15) is 0 Å². The van der Waals surface area contributed by atoms with E-state index in [-0.39, 0.29) is 0 Å². The van der Waals surface area contributed by atoms with Crippen LogP contribution in [0.2, 0.25) is 0 Å². The molecule has 2 aliphatic heterocycles. The maximum atomic E-state index is 2.39. The molecule has 0 unspecified atom stereocenters. The number of nitrogens with zero attached hydrogens (tertiary/aromatic N) is 2. The lowest BCUT2D eigenvalue weighted by atomic mass is 10.2. The van der Waals surface area contributed by atoms with Gasteiger partial charge in [-0.25, -0.2) is 0 Å². The Labute approximate surface area is 108 Å². The molecule has 2 nitrogen and oxygen atoms in total. The van der Waals surface area contributed by atoms with Crippen molar-refractivity contribution in [2.24, 2.45) is 0 Å². The lowest BCUT2D eigenvalue weighted by molar-refractivity contribution is -0.933. The first kappa shape index (κ1) is 13.4. The van der Waals surface area contributed by atoms with Crippen LogP contribution in [0.5, 0.6) is 0 Å². The maximum absolute atomic E-state index is 2.39. The fourth-order valence-corrected chi connectivity index (χ4v) is 4.15. The Kier molecular flexibility index (Phi) is 4.48. The summed E-state index contributed by atoms with van der Waals surface area (Å²) in [7, 11) is 0. The van der Waals surface area contributed by atoms with Gasteiger partial charge in [0.1, 0.15) is 0 Å². The lowest BCUT2D eigenvalue weighted by Crippen LogP contribution is -2.50. The van der Waals surface area contributed by atoms with E-state index in [1.165, 1.54) is 93.4 Å². The average molecular weight is 240 g/mol. The first-order chi connectivity index (χ1) is 8.24. The summed E-state index contributed by atoms with van der Waals surface area (Å²) in [5.41, 5.74) is 0. The standard InChI is InChI=1S/C15H32N2/c1-3-16(10-5-6-11-16)14-9-15-17(4-2)12-7-8-13-17/h3-15H2,1-2H3/q+2. The quantitative estimate of drug-likeness (QED) is 0.626. The molecular formula is C15H32N2+2. The van der Waals surface area contributed by atoms with Crippen LogP contribution in [0.25, 0.3) is 0 Å². The highest BCUT2D eigenvalue weighted by atomic mass is 15.4. The van der Waals surface area contributed by atoms with Crippen molar-refractivity contribution in [1.82, 2.24) is 0 Å². The van der Waals surface area contributed by atoms with E-state index in [0.29, 0.717) is 0 Å². The van der Waals surface area contributed by atoms with Crippen molar-refractivity contribution in [3.05, 3.63) is 0 Å². The van der Waals surface area contributed by atoms with Gasteiger partial charge >= 0.3 is 0 Å². The summed E-state index contributed by atoms with van der Waals surface area (Å²) in [6.07, 6.45) is 7.36. The average Bonchev–Trinajstić information content (AvgIpc) is 2.99. The minimum atomic E-state index is 1.37. The van der Waals surface area contributed by atoms with Crippen LogP contribution in [0.3, 0.4) is 0 Å². The predicted octanol–water partition coefficient (Wildman–Crippen LogP) is 2.64. The summed E-state index contributed by atoms with van der Waals surface area (Å²) in [4.78, 5) is 0. The number of hydrogen-bond donors (Lipinski definition) is 0. The van der Waals surface area contributed by atoms with Gasteiger partial charge in [-0.1, -0.05) is 0 Å². The summed E-state index contributed by atoms with van der Waals surface area (Å²) in [5, 5.41) is 0. The Morgan fingerprint density at radius 1 is 0.647 bits per heavy atom. The summed E-state index contributed by atoms with van der Waals surface area (Å²) in [6.45, 7) is 16.3. The smallest absolute Gasteiger partial charge is 0.0840 e. The summed E-state index contributed by atoms with van der Waals surface area (Å²) < 4.78 is 2.87. The molecule has 2 rings (SSSR count). The number of hydrogen-bond acceptors (Lipinski definition) is 0. The van der Waals surface area contributed by atoms with Crippen LogP contribution >= 0.6 is 0 Å². The van der Waals surface area contributed by atoms with Gasteiger partial charge < -0.3 is 8.97 Å². The highest BCUT2D eigenvalue weighted by Gasteiger charge is 2.33. The van der Waals surface area contributed by atoms with Crippen LogP contribution in [0.1, 0.15) is 46.0 Å². The van der Waals surface area contributed by atoms with Gasteiger partial charge in [0.2, 0.25) is 0 Å². The monoisotopic (exact) mass is 240 g/mol. The second kappa shape index (κ2) is 5.71. The molecule has 2 heterocycles. The van der Waals surface area contributed by atoms with Crippen molar-refractivity contribution < 1.29 is 8.97 Å². The van der Waals surface area contributed by atoms with E-state index in [1.807, 2.05) is 0 Å². The minimum absolute atomic E-state index is 1.37. The van der Waals surface area contributed by atoms with Crippen LogP contribution in [0.15, 0.2) is 0 Å². The number of rotatable bonds is 6. The largest absolute Gasteiger partial charge is 0.324 e. The zero-order chi connectivity index (χ0) is 12.2. The molecular weight excluding hydrogens is 208 g/mol. The first-order valence-corrected chi connectivity index (χ1v) is 7.94. The second-order valence-electron chi connectivity index (χ2n) is 6.43. The van der Waals surface area contributed by atoms with E-state index in [1.54, 1.807) is 0 Å². The van der Waals surface area contributed by atoms with Gasteiger partial charge in [0.15, 0.2) is 0 Å². The van der Waals surface area contributed by atoms with Crippen LogP contribution < -0.4 is 0 Å². The molecule has 2 saturated heterocycles. The van der Waals surface area contributed by atoms with Crippen LogP contribution in [0, 0.1) is 0 Å². The summed E-state index contributed by atoms with van der Waals surface area (Å²) >= 11 is 0. The Bertz CT molecular complexity index is 201. The molecule has 0 radical (unpaired) electrons. The third-order valence-electron chi connectivity index (χ3n) is 5.64. The Morgan fingerprint density at radius 2 is 1.00 bits per heavy atom. The fraction of sp³-hybridized carbons (Fsp3) is 1.00. The highest BCUT2D eigenvalue weighted by Crippen LogP contribution is 2.23. The van der Waals surface area contributed by atoms with E-state index >= 15 is 0 Å². The minimum Gasteiger partial charge on any atom is -0.324 e. The second-order valence-corrected chi connectivity index (χ2v) is 6.43. The molecule has 0 aromatic rings. The molecule has 0 aromatic carbocycles. The summed E-state index contributed by atoms with van der Waals surface area (Å²) in [6, 6.07) is 0. The van der Waals surface area contributed by atoms with Gasteiger partial charge in [0.05, 0.1) is 52.4 Å². The lowest BCUT2D eigenvalue weighted by Gasteiger charge is -2.37. The number of quaternary nitrogens is 2. The molecule has 0 aliphatic carbocycles. The van der Waals surface area contributed by atoms with Crippen LogP contribution in [-0.2, 0) is 0 Å². The predicted molar refractivity (Wildman–Crippen MR) is 73.9 cm³/mol. The van der Waals surface area contributed by atoms with Crippen molar-refractivity contribution in [3.63, 3.8) is 0 Å². The van der Waals surface area contributed by atoms with E-state index in [0.717, 1.165) is 0 Å². The first-order valence-electron chi connectivity index (χ1n) is 7.94. The molecule has 0 saturated carbocycles. The van der Waals surface area contributed by atoms with Gasteiger partial charge in [-0.15, -0.1) is 0 Å². The van der Waals surface area contributed by atoms with E-state index in [2.05, 4.69) is 13.8 Å². The molecule has 0 N–H and O–H groups in total. The molecule has 0 amide bonds. The Balaban J connectivity index is 1.78. The normalized spacial score (nSPS) is 26.5. The van der Waals surface area contributed by atoms with Crippen LogP contribution in [-0.4, -0.2) is 61.3 Å². The zero-order valence-electron chi connectivity index (χ0n) is 12.1. The molecule has 2 fully saturated rings. The van der Waals surface area contributed by atoms with Gasteiger partial charge in [0, 0.05) is 32.1 Å². The van der Waals surface area contributed by atoms with Crippen molar-refractivity contribution >= 4 is 0 Å². The van der Waals surface area contributed by atoms with E-state index in [4.69, 9.17) is 0 Å². The third-order valence-corrected chi connectivity index (χ3v) is 5.64. The molecule has 0 atom stereocenters. The van der Waals surface area contributed by atoms with Crippen molar-refractivity contribution in [1.29, 1.82) is 0 Å².